The molecule has 1 unspecified atom stereocenters. The molecular formula is C14H18ClNO3S. The molecule has 110 valence electrons. The summed E-state index contributed by atoms with van der Waals surface area (Å²) in [5.41, 5.74) is 0.518. The SMILES string of the molecule is CCSc1ccc(Cl)cc1C(=O)N(C)CC(C)C(=O)O. The van der Waals surface area contributed by atoms with Crippen molar-refractivity contribution in [2.24, 2.45) is 5.92 Å². The highest BCUT2D eigenvalue weighted by Gasteiger charge is 2.20. The number of halogens is 1. The van der Waals surface area contributed by atoms with Gasteiger partial charge in [0.2, 0.25) is 0 Å². The lowest BCUT2D eigenvalue weighted by Crippen LogP contribution is -2.34. The van der Waals surface area contributed by atoms with Crippen molar-refractivity contribution in [3.8, 4) is 0 Å². The van der Waals surface area contributed by atoms with Crippen LogP contribution in [-0.2, 0) is 4.79 Å². The van der Waals surface area contributed by atoms with Gasteiger partial charge >= 0.3 is 5.97 Å². The lowest BCUT2D eigenvalue weighted by atomic mass is 10.1. The number of nitrogens with zero attached hydrogens (tertiary/aromatic N) is 1. The number of hydrogen-bond donors (Lipinski definition) is 1. The van der Waals surface area contributed by atoms with Crippen molar-refractivity contribution in [2.75, 3.05) is 19.3 Å². The van der Waals surface area contributed by atoms with Gasteiger partial charge in [-0.15, -0.1) is 11.8 Å². The molecule has 0 spiro atoms. The smallest absolute Gasteiger partial charge is 0.308 e. The fourth-order valence-electron chi connectivity index (χ4n) is 1.73. The van der Waals surface area contributed by atoms with E-state index >= 15 is 0 Å². The highest BCUT2D eigenvalue weighted by Crippen LogP contribution is 2.26. The summed E-state index contributed by atoms with van der Waals surface area (Å²) in [4.78, 5) is 25.5. The van der Waals surface area contributed by atoms with Gasteiger partial charge in [0.25, 0.3) is 5.91 Å². The summed E-state index contributed by atoms with van der Waals surface area (Å²) in [6.07, 6.45) is 0. The molecule has 6 heteroatoms. The van der Waals surface area contributed by atoms with Crippen LogP contribution in [0.1, 0.15) is 24.2 Å². The second-order valence-corrected chi connectivity index (χ2v) is 6.24. The van der Waals surface area contributed by atoms with Crippen molar-refractivity contribution in [3.63, 3.8) is 0 Å². The van der Waals surface area contributed by atoms with Crippen LogP contribution < -0.4 is 0 Å². The third-order valence-corrected chi connectivity index (χ3v) is 3.98. The molecule has 0 saturated carbocycles. The number of benzene rings is 1. The first-order valence-electron chi connectivity index (χ1n) is 6.27. The van der Waals surface area contributed by atoms with Gasteiger partial charge in [-0.2, -0.15) is 0 Å². The van der Waals surface area contributed by atoms with Gasteiger partial charge in [-0.3, -0.25) is 9.59 Å². The predicted molar refractivity (Wildman–Crippen MR) is 81.6 cm³/mol. The quantitative estimate of drug-likeness (QED) is 0.819. The van der Waals surface area contributed by atoms with E-state index in [1.54, 1.807) is 37.9 Å². The lowest BCUT2D eigenvalue weighted by molar-refractivity contribution is -0.141. The number of carbonyl (C=O) groups is 2. The molecule has 0 aliphatic carbocycles. The van der Waals surface area contributed by atoms with E-state index in [9.17, 15) is 9.59 Å². The molecule has 1 aromatic rings. The van der Waals surface area contributed by atoms with Crippen LogP contribution in [0.3, 0.4) is 0 Å². The Kier molecular flexibility index (Phi) is 6.36. The third kappa shape index (κ3) is 4.42. The zero-order chi connectivity index (χ0) is 15.3. The van der Waals surface area contributed by atoms with Crippen molar-refractivity contribution >= 4 is 35.2 Å². The number of aliphatic carboxylic acids is 1. The zero-order valence-corrected chi connectivity index (χ0v) is 13.3. The number of hydrogen-bond acceptors (Lipinski definition) is 3. The molecule has 0 fully saturated rings. The third-order valence-electron chi connectivity index (χ3n) is 2.79. The predicted octanol–water partition coefficient (Wildman–Crippen LogP) is 3.24. The van der Waals surface area contributed by atoms with E-state index < -0.39 is 11.9 Å². The normalized spacial score (nSPS) is 12.0. The Morgan fingerprint density at radius 2 is 2.10 bits per heavy atom. The molecule has 0 saturated heterocycles. The Labute approximate surface area is 128 Å². The molecule has 0 heterocycles. The van der Waals surface area contributed by atoms with E-state index in [1.165, 1.54) is 4.90 Å². The average molecular weight is 316 g/mol. The summed E-state index contributed by atoms with van der Waals surface area (Å²) < 4.78 is 0. The van der Waals surface area contributed by atoms with E-state index in [4.69, 9.17) is 16.7 Å². The number of carboxylic acid groups (broad SMARTS) is 1. The Morgan fingerprint density at radius 3 is 2.65 bits per heavy atom. The van der Waals surface area contributed by atoms with Gasteiger partial charge < -0.3 is 10.0 Å². The van der Waals surface area contributed by atoms with Crippen molar-refractivity contribution in [2.45, 2.75) is 18.7 Å². The fraction of sp³-hybridized carbons (Fsp3) is 0.429. The highest BCUT2D eigenvalue weighted by atomic mass is 35.5. The largest absolute Gasteiger partial charge is 0.481 e. The summed E-state index contributed by atoms with van der Waals surface area (Å²) in [7, 11) is 1.60. The van der Waals surface area contributed by atoms with E-state index in [1.807, 2.05) is 13.0 Å². The second kappa shape index (κ2) is 7.55. The first-order valence-corrected chi connectivity index (χ1v) is 7.63. The minimum absolute atomic E-state index is 0.164. The first kappa shape index (κ1) is 16.9. The maximum absolute atomic E-state index is 12.4. The van der Waals surface area contributed by atoms with Crippen LogP contribution in [0.4, 0.5) is 0 Å². The standard InChI is InChI=1S/C14H18ClNO3S/c1-4-20-12-6-5-10(15)7-11(12)13(17)16(3)8-9(2)14(18)19/h5-7,9H,4,8H2,1-3H3,(H,18,19). The molecule has 4 nitrogen and oxygen atoms in total. The zero-order valence-electron chi connectivity index (χ0n) is 11.7. The number of amides is 1. The van der Waals surface area contributed by atoms with Gasteiger partial charge in [0.05, 0.1) is 11.5 Å². The molecule has 0 aromatic heterocycles. The van der Waals surface area contributed by atoms with Crippen LogP contribution in [-0.4, -0.2) is 41.2 Å². The van der Waals surface area contributed by atoms with Crippen molar-refractivity contribution in [3.05, 3.63) is 28.8 Å². The summed E-state index contributed by atoms with van der Waals surface area (Å²) in [6.45, 7) is 3.74. The van der Waals surface area contributed by atoms with Crippen LogP contribution in [0.5, 0.6) is 0 Å². The lowest BCUT2D eigenvalue weighted by Gasteiger charge is -2.21. The van der Waals surface area contributed by atoms with Crippen LogP contribution in [0.25, 0.3) is 0 Å². The van der Waals surface area contributed by atoms with Gasteiger partial charge in [0.15, 0.2) is 0 Å². The molecule has 1 atom stereocenters. The first-order chi connectivity index (χ1) is 9.36. The van der Waals surface area contributed by atoms with Gasteiger partial charge in [0.1, 0.15) is 0 Å². The summed E-state index contributed by atoms with van der Waals surface area (Å²) in [5, 5.41) is 9.40. The fourth-order valence-corrected chi connectivity index (χ4v) is 2.68. The van der Waals surface area contributed by atoms with Crippen molar-refractivity contribution in [1.82, 2.24) is 4.90 Å². The molecule has 0 radical (unpaired) electrons. The Hall–Kier alpha value is -1.20. The Balaban J connectivity index is 2.95. The molecule has 0 bridgehead atoms. The van der Waals surface area contributed by atoms with Crippen molar-refractivity contribution < 1.29 is 14.7 Å². The van der Waals surface area contributed by atoms with Crippen LogP contribution in [0.15, 0.2) is 23.1 Å². The monoisotopic (exact) mass is 315 g/mol. The molecule has 1 rings (SSSR count). The van der Waals surface area contributed by atoms with Gasteiger partial charge in [-0.05, 0) is 24.0 Å². The number of carbonyl (C=O) groups excluding carboxylic acids is 1. The molecule has 1 aromatic carbocycles. The molecule has 1 amide bonds. The number of carboxylic acids is 1. The maximum atomic E-state index is 12.4. The summed E-state index contributed by atoms with van der Waals surface area (Å²) >= 11 is 7.51. The topological polar surface area (TPSA) is 57.6 Å². The summed E-state index contributed by atoms with van der Waals surface area (Å²) in [5.74, 6) is -0.891. The maximum Gasteiger partial charge on any atom is 0.308 e. The van der Waals surface area contributed by atoms with Gasteiger partial charge in [-0.25, -0.2) is 0 Å². The van der Waals surface area contributed by atoms with Crippen LogP contribution in [0.2, 0.25) is 5.02 Å². The van der Waals surface area contributed by atoms with Gasteiger partial charge in [-0.1, -0.05) is 25.4 Å². The molecule has 20 heavy (non-hydrogen) atoms. The van der Waals surface area contributed by atoms with Crippen molar-refractivity contribution in [1.29, 1.82) is 0 Å². The van der Waals surface area contributed by atoms with Gasteiger partial charge in [0, 0.05) is 23.5 Å². The second-order valence-electron chi connectivity index (χ2n) is 4.50. The minimum atomic E-state index is -0.918. The van der Waals surface area contributed by atoms with E-state index in [-0.39, 0.29) is 12.5 Å². The van der Waals surface area contributed by atoms with E-state index in [0.29, 0.717) is 10.6 Å². The summed E-state index contributed by atoms with van der Waals surface area (Å²) in [6, 6.07) is 5.19. The molecular weight excluding hydrogens is 298 g/mol. The Morgan fingerprint density at radius 1 is 1.45 bits per heavy atom. The van der Waals surface area contributed by atoms with Crippen LogP contribution >= 0.6 is 23.4 Å². The van der Waals surface area contributed by atoms with Crippen LogP contribution in [0, 0.1) is 5.92 Å². The average Bonchev–Trinajstić information content (AvgIpc) is 2.39. The number of rotatable bonds is 6. The Bertz CT molecular complexity index is 507. The van der Waals surface area contributed by atoms with E-state index in [0.717, 1.165) is 10.6 Å². The highest BCUT2D eigenvalue weighted by molar-refractivity contribution is 7.99. The van der Waals surface area contributed by atoms with E-state index in [2.05, 4.69) is 0 Å². The molecule has 1 N–H and O–H groups in total. The molecule has 0 aliphatic heterocycles. The molecule has 0 aliphatic rings. The number of thioether (sulfide) groups is 1. The minimum Gasteiger partial charge on any atom is -0.481 e.